The van der Waals surface area contributed by atoms with Gasteiger partial charge in [0.1, 0.15) is 5.82 Å². The lowest BCUT2D eigenvalue weighted by Crippen LogP contribution is -2.37. The number of benzene rings is 1. The highest BCUT2D eigenvalue weighted by Crippen LogP contribution is 2.31. The van der Waals surface area contributed by atoms with E-state index in [0.717, 1.165) is 43.1 Å². The fourth-order valence-corrected chi connectivity index (χ4v) is 5.19. The number of amides is 1. The second kappa shape index (κ2) is 13.7. The molecule has 1 saturated heterocycles. The van der Waals surface area contributed by atoms with Crippen LogP contribution < -0.4 is 5.32 Å². The molecule has 0 atom stereocenters. The van der Waals surface area contributed by atoms with Crippen LogP contribution in [0.15, 0.2) is 30.5 Å². The molecule has 1 aromatic heterocycles. The topological polar surface area (TPSA) is 133 Å². The Labute approximate surface area is 212 Å². The maximum absolute atomic E-state index is 13.0. The van der Waals surface area contributed by atoms with E-state index in [9.17, 15) is 14.7 Å². The summed E-state index contributed by atoms with van der Waals surface area (Å²) in [5.74, 6) is 0.589. The van der Waals surface area contributed by atoms with Crippen molar-refractivity contribution < 1.29 is 24.6 Å². The predicted octanol–water partition coefficient (Wildman–Crippen LogP) is 3.87. The van der Waals surface area contributed by atoms with E-state index in [1.807, 2.05) is 6.92 Å². The van der Waals surface area contributed by atoms with Crippen LogP contribution in [-0.4, -0.2) is 63.1 Å². The van der Waals surface area contributed by atoms with E-state index in [1.165, 1.54) is 38.6 Å². The monoisotopic (exact) mass is 496 g/mol. The zero-order chi connectivity index (χ0) is 25.9. The Kier molecular flexibility index (Phi) is 10.4. The SMILES string of the molecule is Cc1ncc(C(=O)NCc2cccc(C(=O)O)c2)c(C2CCN(CC3CCCCC3)CC2)n1.O=CO. The fraction of sp³-hybridized carbons (Fsp3) is 0.519. The summed E-state index contributed by atoms with van der Waals surface area (Å²) in [7, 11) is 0. The molecule has 2 fully saturated rings. The molecule has 1 saturated carbocycles. The van der Waals surface area contributed by atoms with Crippen molar-refractivity contribution in [2.75, 3.05) is 19.6 Å². The summed E-state index contributed by atoms with van der Waals surface area (Å²) in [6.45, 7) is 5.17. The van der Waals surface area contributed by atoms with Crippen LogP contribution in [0.25, 0.3) is 0 Å². The highest BCUT2D eigenvalue weighted by molar-refractivity contribution is 5.95. The second-order valence-corrected chi connectivity index (χ2v) is 9.59. The molecule has 9 nitrogen and oxygen atoms in total. The molecule has 3 N–H and O–H groups in total. The van der Waals surface area contributed by atoms with Crippen molar-refractivity contribution in [1.82, 2.24) is 20.2 Å². The van der Waals surface area contributed by atoms with Gasteiger partial charge in [0, 0.05) is 25.2 Å². The first-order chi connectivity index (χ1) is 17.4. The maximum atomic E-state index is 13.0. The number of carbonyl (C=O) groups excluding carboxylic acids is 1. The maximum Gasteiger partial charge on any atom is 0.335 e. The van der Waals surface area contributed by atoms with Crippen LogP contribution in [0, 0.1) is 12.8 Å². The van der Waals surface area contributed by atoms with E-state index in [2.05, 4.69) is 20.2 Å². The number of aryl methyl sites for hydroxylation is 1. The van der Waals surface area contributed by atoms with Gasteiger partial charge in [0.05, 0.1) is 16.8 Å². The molecule has 0 unspecified atom stereocenters. The normalized spacial score (nSPS) is 17.0. The molecular weight excluding hydrogens is 460 g/mol. The molecule has 1 amide bonds. The first-order valence-corrected chi connectivity index (χ1v) is 12.7. The molecule has 1 aliphatic carbocycles. The van der Waals surface area contributed by atoms with E-state index in [0.29, 0.717) is 11.4 Å². The van der Waals surface area contributed by atoms with E-state index in [1.54, 1.807) is 30.5 Å². The highest BCUT2D eigenvalue weighted by Gasteiger charge is 2.27. The highest BCUT2D eigenvalue weighted by atomic mass is 16.4. The molecular formula is C27H36N4O5. The Morgan fingerprint density at radius 3 is 2.50 bits per heavy atom. The molecule has 9 heteroatoms. The Bertz CT molecular complexity index is 1030. The number of carboxylic acids is 1. The van der Waals surface area contributed by atoms with Crippen LogP contribution in [0.3, 0.4) is 0 Å². The van der Waals surface area contributed by atoms with Gasteiger partial charge in [-0.25, -0.2) is 14.8 Å². The Balaban J connectivity index is 0.00000115. The smallest absolute Gasteiger partial charge is 0.335 e. The number of nitrogens with zero attached hydrogens (tertiary/aromatic N) is 3. The van der Waals surface area contributed by atoms with Gasteiger partial charge in [-0.15, -0.1) is 0 Å². The predicted molar refractivity (Wildman–Crippen MR) is 135 cm³/mol. The van der Waals surface area contributed by atoms with Crippen molar-refractivity contribution in [1.29, 1.82) is 0 Å². The van der Waals surface area contributed by atoms with Gasteiger partial charge in [0.15, 0.2) is 0 Å². The van der Waals surface area contributed by atoms with Crippen LogP contribution in [-0.2, 0) is 11.3 Å². The fourth-order valence-electron chi connectivity index (χ4n) is 5.19. The number of piperidine rings is 1. The van der Waals surface area contributed by atoms with Gasteiger partial charge in [0.2, 0.25) is 0 Å². The van der Waals surface area contributed by atoms with Crippen molar-refractivity contribution in [2.24, 2.45) is 5.92 Å². The molecule has 4 rings (SSSR count). The number of likely N-dealkylation sites (tertiary alicyclic amines) is 1. The zero-order valence-electron chi connectivity index (χ0n) is 20.9. The van der Waals surface area contributed by atoms with Gasteiger partial charge in [-0.2, -0.15) is 0 Å². The standard InChI is InChI=1S/C26H34N4O3.CH2O2/c1-18-27-16-23(25(31)28-15-20-8-5-9-22(14-20)26(32)33)24(29-18)21-10-12-30(13-11-21)17-19-6-3-2-4-7-19;2-1-3/h5,8-9,14,16,19,21H,2-4,6-7,10-13,15,17H2,1H3,(H,28,31)(H,32,33);1H,(H,2,3). The van der Waals surface area contributed by atoms with Gasteiger partial charge in [-0.3, -0.25) is 9.59 Å². The van der Waals surface area contributed by atoms with Crippen LogP contribution in [0.1, 0.15) is 88.7 Å². The molecule has 0 spiro atoms. The van der Waals surface area contributed by atoms with E-state index >= 15 is 0 Å². The van der Waals surface area contributed by atoms with Gasteiger partial charge in [-0.05, 0) is 69.3 Å². The average Bonchev–Trinajstić information content (AvgIpc) is 2.89. The summed E-state index contributed by atoms with van der Waals surface area (Å²) in [5, 5.41) is 19.0. The number of rotatable bonds is 7. The number of carboxylic acid groups (broad SMARTS) is 2. The largest absolute Gasteiger partial charge is 0.483 e. The third kappa shape index (κ3) is 7.84. The lowest BCUT2D eigenvalue weighted by Gasteiger charge is -2.35. The summed E-state index contributed by atoms with van der Waals surface area (Å²) >= 11 is 0. The molecule has 0 radical (unpaired) electrons. The molecule has 1 aliphatic heterocycles. The number of hydrogen-bond donors (Lipinski definition) is 3. The Hall–Kier alpha value is -3.33. The zero-order valence-corrected chi connectivity index (χ0v) is 20.9. The third-order valence-electron chi connectivity index (χ3n) is 7.03. The minimum atomic E-state index is -0.979. The van der Waals surface area contributed by atoms with Crippen LogP contribution in [0.4, 0.5) is 0 Å². The van der Waals surface area contributed by atoms with Gasteiger partial charge in [0.25, 0.3) is 12.4 Å². The Morgan fingerprint density at radius 1 is 1.14 bits per heavy atom. The van der Waals surface area contributed by atoms with Gasteiger partial charge in [-0.1, -0.05) is 31.4 Å². The summed E-state index contributed by atoms with van der Waals surface area (Å²) in [5.41, 5.74) is 2.33. The minimum Gasteiger partial charge on any atom is -0.483 e. The first kappa shape index (κ1) is 27.3. The molecule has 2 aromatic rings. The number of carbonyl (C=O) groups is 3. The van der Waals surface area contributed by atoms with Crippen molar-refractivity contribution in [3.05, 3.63) is 58.7 Å². The van der Waals surface area contributed by atoms with Crippen LogP contribution in [0.2, 0.25) is 0 Å². The number of aromatic nitrogens is 2. The Morgan fingerprint density at radius 2 is 1.83 bits per heavy atom. The summed E-state index contributed by atoms with van der Waals surface area (Å²) in [4.78, 5) is 44.1. The molecule has 0 bridgehead atoms. The van der Waals surface area contributed by atoms with Crippen molar-refractivity contribution in [2.45, 2.75) is 64.3 Å². The number of aromatic carboxylic acids is 1. The molecule has 194 valence electrons. The van der Waals surface area contributed by atoms with E-state index in [4.69, 9.17) is 9.90 Å². The molecule has 36 heavy (non-hydrogen) atoms. The van der Waals surface area contributed by atoms with Crippen molar-refractivity contribution in [3.8, 4) is 0 Å². The first-order valence-electron chi connectivity index (χ1n) is 12.7. The van der Waals surface area contributed by atoms with Gasteiger partial charge >= 0.3 is 5.97 Å². The average molecular weight is 497 g/mol. The summed E-state index contributed by atoms with van der Waals surface area (Å²) in [6.07, 6.45) is 10.5. The molecule has 2 aliphatic rings. The van der Waals surface area contributed by atoms with Crippen LogP contribution in [0.5, 0.6) is 0 Å². The second-order valence-electron chi connectivity index (χ2n) is 9.59. The van der Waals surface area contributed by atoms with Crippen molar-refractivity contribution in [3.63, 3.8) is 0 Å². The number of hydrogen-bond acceptors (Lipinski definition) is 6. The van der Waals surface area contributed by atoms with Gasteiger partial charge < -0.3 is 20.4 Å². The lowest BCUT2D eigenvalue weighted by molar-refractivity contribution is -0.122. The minimum absolute atomic E-state index is 0.209. The quantitative estimate of drug-likeness (QED) is 0.492. The van der Waals surface area contributed by atoms with E-state index in [-0.39, 0.29) is 30.4 Å². The molecule has 1 aromatic carbocycles. The lowest BCUT2D eigenvalue weighted by atomic mass is 9.87. The summed E-state index contributed by atoms with van der Waals surface area (Å²) in [6, 6.07) is 6.62. The number of nitrogens with one attached hydrogen (secondary N) is 1. The third-order valence-corrected chi connectivity index (χ3v) is 7.03. The summed E-state index contributed by atoms with van der Waals surface area (Å²) < 4.78 is 0. The van der Waals surface area contributed by atoms with E-state index < -0.39 is 5.97 Å². The molecule has 2 heterocycles. The van der Waals surface area contributed by atoms with Crippen LogP contribution >= 0.6 is 0 Å². The van der Waals surface area contributed by atoms with Crippen molar-refractivity contribution >= 4 is 18.3 Å².